The molecule has 48 heavy (non-hydrogen) atoms. The molecule has 0 spiro atoms. The molecule has 8 nitrogen and oxygen atoms in total. The fourth-order valence-electron chi connectivity index (χ4n) is 5.30. The molecule has 0 amide bonds. The minimum absolute atomic E-state index is 0.345. The van der Waals surface area contributed by atoms with E-state index in [2.05, 4.69) is 13.8 Å². The van der Waals surface area contributed by atoms with E-state index in [4.69, 9.17) is 30.0 Å². The van der Waals surface area contributed by atoms with Crippen LogP contribution < -0.4 is 0 Å². The molecule has 4 N–H and O–H groups in total. The van der Waals surface area contributed by atoms with Crippen LogP contribution in [0.15, 0.2) is 0 Å². The summed E-state index contributed by atoms with van der Waals surface area (Å²) in [6.07, 6.45) is 40.4. The highest BCUT2D eigenvalue weighted by molar-refractivity contribution is 5.66. The lowest BCUT2D eigenvalue weighted by Gasteiger charge is -2.03. The maximum Gasteiger partial charge on any atom is 0.303 e. The van der Waals surface area contributed by atoms with Gasteiger partial charge in [0.15, 0.2) is 0 Å². The van der Waals surface area contributed by atoms with Gasteiger partial charge in [0.05, 0.1) is 0 Å². The molecular formula is C40H80O8. The zero-order chi connectivity index (χ0) is 36.9. The zero-order valence-electron chi connectivity index (χ0n) is 32.0. The van der Waals surface area contributed by atoms with E-state index in [0.717, 1.165) is 39.5 Å². The summed E-state index contributed by atoms with van der Waals surface area (Å²) < 4.78 is 0. The molecule has 0 fully saturated rings. The summed E-state index contributed by atoms with van der Waals surface area (Å²) in [5, 5.41) is 31.9. The lowest BCUT2D eigenvalue weighted by atomic mass is 10.0. The van der Waals surface area contributed by atoms with Gasteiger partial charge in [-0.3, -0.25) is 19.2 Å². The van der Waals surface area contributed by atoms with Crippen molar-refractivity contribution in [3.8, 4) is 0 Å². The van der Waals surface area contributed by atoms with Gasteiger partial charge in [0.1, 0.15) is 0 Å². The van der Waals surface area contributed by atoms with E-state index in [9.17, 15) is 9.59 Å². The smallest absolute Gasteiger partial charge is 0.303 e. The largest absolute Gasteiger partial charge is 0.481 e. The molecule has 288 valence electrons. The van der Waals surface area contributed by atoms with Gasteiger partial charge < -0.3 is 20.4 Å². The second-order valence-corrected chi connectivity index (χ2v) is 13.2. The van der Waals surface area contributed by atoms with E-state index in [1.165, 1.54) is 167 Å². The lowest BCUT2D eigenvalue weighted by Crippen LogP contribution is -1.93. The third-order valence-corrected chi connectivity index (χ3v) is 7.99. The first-order valence-electron chi connectivity index (χ1n) is 19.8. The van der Waals surface area contributed by atoms with Gasteiger partial charge in [-0.05, 0) is 12.8 Å². The van der Waals surface area contributed by atoms with Crippen LogP contribution in [0.3, 0.4) is 0 Å². The molecule has 0 bridgehead atoms. The van der Waals surface area contributed by atoms with E-state index in [-0.39, 0.29) is 0 Å². The first-order valence-corrected chi connectivity index (χ1v) is 19.8. The van der Waals surface area contributed by atoms with Gasteiger partial charge in [-0.2, -0.15) is 0 Å². The van der Waals surface area contributed by atoms with Crippen molar-refractivity contribution in [2.75, 3.05) is 0 Å². The van der Waals surface area contributed by atoms with Gasteiger partial charge in [0.2, 0.25) is 0 Å². The predicted octanol–water partition coefficient (Wildman–Crippen LogP) is 12.8. The number of rotatable bonds is 32. The van der Waals surface area contributed by atoms with Crippen molar-refractivity contribution >= 4 is 23.9 Å². The Labute approximate surface area is 296 Å². The number of carboxylic acid groups (broad SMARTS) is 4. The van der Waals surface area contributed by atoms with Crippen molar-refractivity contribution in [3.05, 3.63) is 0 Å². The molecule has 0 aliphatic heterocycles. The summed E-state index contributed by atoms with van der Waals surface area (Å²) in [6.45, 7) is 6.71. The number of aliphatic carboxylic acids is 4. The average Bonchev–Trinajstić information content (AvgIpc) is 3.00. The molecule has 0 aromatic rings. The maximum atomic E-state index is 10.3. The van der Waals surface area contributed by atoms with Crippen molar-refractivity contribution in [3.63, 3.8) is 0 Å². The van der Waals surface area contributed by atoms with Crippen LogP contribution in [0, 0.1) is 0 Å². The van der Waals surface area contributed by atoms with Gasteiger partial charge in [0, 0.05) is 26.7 Å². The molecule has 8 heteroatoms. The van der Waals surface area contributed by atoms with Crippen LogP contribution in [0.5, 0.6) is 0 Å². The van der Waals surface area contributed by atoms with Gasteiger partial charge in [0.25, 0.3) is 11.9 Å². The Hall–Kier alpha value is -2.12. The molecule has 0 atom stereocenters. The van der Waals surface area contributed by atoms with E-state index < -0.39 is 23.9 Å². The Bertz CT molecular complexity index is 602. The van der Waals surface area contributed by atoms with Gasteiger partial charge in [-0.1, -0.05) is 194 Å². The molecule has 0 aromatic heterocycles. The normalized spacial score (nSPS) is 10.1. The standard InChI is InChI=1S/2C18H36O2.2C2H4O2/c2*1-2-3-4-5-6-7-8-9-10-11-12-13-14-15-16-17-18(19)20;2*1-2(3)4/h2*2-17H2,1H3,(H,19,20);2*1H3,(H,3,4). The number of carbonyl (C=O) groups is 4. The molecule has 0 aliphatic rings. The number of unbranched alkanes of at least 4 members (excludes halogenated alkanes) is 28. The molecule has 0 unspecified atom stereocenters. The third kappa shape index (κ3) is 79.4. The second kappa shape index (κ2) is 49.3. The highest BCUT2D eigenvalue weighted by atomic mass is 16.4. The van der Waals surface area contributed by atoms with Crippen molar-refractivity contribution in [2.45, 2.75) is 233 Å². The molecule has 0 heterocycles. The Morgan fingerprint density at radius 3 is 0.542 bits per heavy atom. The molecule has 0 saturated carbocycles. The zero-order valence-corrected chi connectivity index (χ0v) is 32.0. The molecule has 0 rings (SSSR count). The monoisotopic (exact) mass is 689 g/mol. The Morgan fingerprint density at radius 2 is 0.417 bits per heavy atom. The Balaban J connectivity index is -0.000000329. The van der Waals surface area contributed by atoms with Crippen LogP contribution in [0.2, 0.25) is 0 Å². The van der Waals surface area contributed by atoms with E-state index in [0.29, 0.717) is 12.8 Å². The minimum atomic E-state index is -0.833. The molecule has 0 aliphatic carbocycles. The summed E-state index contributed by atoms with van der Waals surface area (Å²) in [5.74, 6) is -2.97. The number of hydrogen-bond donors (Lipinski definition) is 4. The Morgan fingerprint density at radius 1 is 0.292 bits per heavy atom. The molecular weight excluding hydrogens is 608 g/mol. The maximum absolute atomic E-state index is 10.3. The highest BCUT2D eigenvalue weighted by Crippen LogP contribution is 2.15. The summed E-state index contributed by atoms with van der Waals surface area (Å²) in [7, 11) is 0. The van der Waals surface area contributed by atoms with E-state index in [1.807, 2.05) is 0 Å². The van der Waals surface area contributed by atoms with Crippen LogP contribution in [0.4, 0.5) is 0 Å². The van der Waals surface area contributed by atoms with Crippen molar-refractivity contribution in [1.82, 2.24) is 0 Å². The SMILES string of the molecule is CC(=O)O.CC(=O)O.CCCCCCCCCCCCCCCCCC(=O)O.CCCCCCCCCCCCCCCCCC(=O)O. The molecule has 0 aromatic carbocycles. The summed E-state index contributed by atoms with van der Waals surface area (Å²) in [4.78, 5) is 38.7. The van der Waals surface area contributed by atoms with Crippen LogP contribution in [-0.4, -0.2) is 44.3 Å². The van der Waals surface area contributed by atoms with Crippen molar-refractivity contribution < 1.29 is 39.6 Å². The first-order chi connectivity index (χ1) is 23.0. The van der Waals surface area contributed by atoms with Crippen LogP contribution in [0.25, 0.3) is 0 Å². The number of hydrogen-bond acceptors (Lipinski definition) is 4. The Kier molecular flexibility index (Phi) is 54.1. The third-order valence-electron chi connectivity index (χ3n) is 7.99. The van der Waals surface area contributed by atoms with Crippen molar-refractivity contribution in [2.24, 2.45) is 0 Å². The second-order valence-electron chi connectivity index (χ2n) is 13.2. The lowest BCUT2D eigenvalue weighted by molar-refractivity contribution is -0.138. The fraction of sp³-hybridized carbons (Fsp3) is 0.900. The highest BCUT2D eigenvalue weighted by Gasteiger charge is 1.98. The van der Waals surface area contributed by atoms with Crippen LogP contribution >= 0.6 is 0 Å². The van der Waals surface area contributed by atoms with Crippen LogP contribution in [-0.2, 0) is 19.2 Å². The van der Waals surface area contributed by atoms with E-state index in [1.54, 1.807) is 0 Å². The summed E-state index contributed by atoms with van der Waals surface area (Å²) in [6, 6.07) is 0. The summed E-state index contributed by atoms with van der Waals surface area (Å²) >= 11 is 0. The quantitative estimate of drug-likeness (QED) is 0.0510. The van der Waals surface area contributed by atoms with Gasteiger partial charge in [-0.15, -0.1) is 0 Å². The van der Waals surface area contributed by atoms with Crippen molar-refractivity contribution in [1.29, 1.82) is 0 Å². The van der Waals surface area contributed by atoms with Gasteiger partial charge in [-0.25, -0.2) is 0 Å². The topological polar surface area (TPSA) is 149 Å². The average molecular weight is 689 g/mol. The van der Waals surface area contributed by atoms with E-state index >= 15 is 0 Å². The van der Waals surface area contributed by atoms with Crippen LogP contribution in [0.1, 0.15) is 233 Å². The predicted molar refractivity (Wildman–Crippen MR) is 201 cm³/mol. The summed E-state index contributed by atoms with van der Waals surface area (Å²) in [5.41, 5.74) is 0. The fourth-order valence-corrected chi connectivity index (χ4v) is 5.30. The molecule has 0 saturated heterocycles. The molecule has 0 radical (unpaired) electrons. The minimum Gasteiger partial charge on any atom is -0.481 e. The number of carboxylic acids is 4. The first kappa shape index (κ1) is 52.7. The van der Waals surface area contributed by atoms with Gasteiger partial charge >= 0.3 is 11.9 Å².